The molecule has 24 heavy (non-hydrogen) atoms. The summed E-state index contributed by atoms with van der Waals surface area (Å²) >= 11 is 1.60. The van der Waals surface area contributed by atoms with Crippen LogP contribution in [0.2, 0.25) is 0 Å². The van der Waals surface area contributed by atoms with E-state index >= 15 is 0 Å². The molecule has 0 bridgehead atoms. The van der Waals surface area contributed by atoms with Crippen LogP contribution in [0, 0.1) is 5.82 Å². The quantitative estimate of drug-likeness (QED) is 0.571. The summed E-state index contributed by atoms with van der Waals surface area (Å²) in [4.78, 5) is 12.1. The first-order valence-corrected chi connectivity index (χ1v) is 8.68. The molecule has 2 heterocycles. The van der Waals surface area contributed by atoms with Crippen LogP contribution in [0.3, 0.4) is 0 Å². The Morgan fingerprint density at radius 2 is 2.33 bits per heavy atom. The molecule has 0 unspecified atom stereocenters. The van der Waals surface area contributed by atoms with E-state index in [2.05, 4.69) is 15.3 Å². The zero-order chi connectivity index (χ0) is 16.9. The summed E-state index contributed by atoms with van der Waals surface area (Å²) in [5, 5.41) is 5.27. The number of hydrogen-bond donors (Lipinski definition) is 1. The molecule has 0 fully saturated rings. The van der Waals surface area contributed by atoms with E-state index in [4.69, 9.17) is 0 Å². The third kappa shape index (κ3) is 3.91. The van der Waals surface area contributed by atoms with Crippen LogP contribution in [0.25, 0.3) is 4.96 Å². The summed E-state index contributed by atoms with van der Waals surface area (Å²) in [7, 11) is 1.94. The topological polar surface area (TPSA) is 44.9 Å². The minimum absolute atomic E-state index is 0.221. The van der Waals surface area contributed by atoms with E-state index in [1.165, 1.54) is 6.07 Å². The van der Waals surface area contributed by atoms with Gasteiger partial charge in [0.1, 0.15) is 5.82 Å². The lowest BCUT2D eigenvalue weighted by Gasteiger charge is -2.22. The lowest BCUT2D eigenvalue weighted by molar-refractivity contribution is 0.474. The van der Waals surface area contributed by atoms with Crippen molar-refractivity contribution < 1.29 is 4.39 Å². The molecule has 3 aromatic rings. The number of thiazole rings is 1. The fourth-order valence-electron chi connectivity index (χ4n) is 2.46. The number of halogens is 1. The normalized spacial score (nSPS) is 11.9. The molecule has 0 aliphatic rings. The number of aliphatic imine (C=N–C) groups is 1. The van der Waals surface area contributed by atoms with Gasteiger partial charge < -0.3 is 10.2 Å². The number of benzene rings is 1. The average molecular weight is 345 g/mol. The molecule has 0 radical (unpaired) electrons. The van der Waals surface area contributed by atoms with Crippen molar-refractivity contribution in [3.05, 3.63) is 59.1 Å². The molecular weight excluding hydrogens is 325 g/mol. The van der Waals surface area contributed by atoms with Gasteiger partial charge in [-0.3, -0.25) is 4.40 Å². The van der Waals surface area contributed by atoms with Crippen molar-refractivity contribution in [3.8, 4) is 0 Å². The Morgan fingerprint density at radius 1 is 1.46 bits per heavy atom. The largest absolute Gasteiger partial charge is 0.357 e. The highest BCUT2D eigenvalue weighted by Gasteiger charge is 2.08. The molecule has 0 aliphatic heterocycles. The molecule has 0 saturated heterocycles. The van der Waals surface area contributed by atoms with Gasteiger partial charge in [-0.2, -0.15) is 0 Å². The predicted octanol–water partition coefficient (Wildman–Crippen LogP) is 3.13. The number of nitrogens with zero attached hydrogens (tertiary/aromatic N) is 4. The molecule has 2 aromatic heterocycles. The second kappa shape index (κ2) is 7.44. The molecule has 0 atom stereocenters. The maximum Gasteiger partial charge on any atom is 0.194 e. The third-order valence-corrected chi connectivity index (χ3v) is 4.31. The maximum absolute atomic E-state index is 13.3. The lowest BCUT2D eigenvalue weighted by atomic mass is 10.2. The summed E-state index contributed by atoms with van der Waals surface area (Å²) < 4.78 is 15.3. The van der Waals surface area contributed by atoms with E-state index in [-0.39, 0.29) is 5.82 Å². The summed E-state index contributed by atoms with van der Waals surface area (Å²) in [6.07, 6.45) is 3.98. The Bertz CT molecular complexity index is 810. The number of fused-ring (bicyclic) bond motifs is 1. The lowest BCUT2D eigenvalue weighted by Crippen LogP contribution is -2.38. The fourth-order valence-corrected chi connectivity index (χ4v) is 3.18. The van der Waals surface area contributed by atoms with Crippen molar-refractivity contribution in [2.75, 3.05) is 13.6 Å². The standard InChI is InChI=1S/C17H20FN5S/c1-3-19-16(22(2)11-13-5-4-6-14(18)9-13)20-10-15-12-23-7-8-24-17(23)21-15/h4-9,12H,3,10-11H2,1-2H3,(H,19,20). The van der Waals surface area contributed by atoms with Gasteiger partial charge in [-0.05, 0) is 24.6 Å². The molecular formula is C17H20FN5S. The van der Waals surface area contributed by atoms with Crippen molar-refractivity contribution >= 4 is 22.3 Å². The Kier molecular flexibility index (Phi) is 5.10. The van der Waals surface area contributed by atoms with E-state index in [1.54, 1.807) is 23.5 Å². The zero-order valence-corrected chi connectivity index (χ0v) is 14.6. The third-order valence-electron chi connectivity index (χ3n) is 3.54. The van der Waals surface area contributed by atoms with Crippen LogP contribution in [0.4, 0.5) is 4.39 Å². The molecule has 3 rings (SSSR count). The second-order valence-electron chi connectivity index (χ2n) is 5.48. The molecule has 1 aromatic carbocycles. The minimum atomic E-state index is -0.221. The molecule has 7 heteroatoms. The van der Waals surface area contributed by atoms with Crippen LogP contribution < -0.4 is 5.32 Å². The first kappa shape index (κ1) is 16.4. The van der Waals surface area contributed by atoms with E-state index in [9.17, 15) is 4.39 Å². The maximum atomic E-state index is 13.3. The van der Waals surface area contributed by atoms with Crippen molar-refractivity contribution in [2.45, 2.75) is 20.0 Å². The summed E-state index contributed by atoms with van der Waals surface area (Å²) in [6, 6.07) is 6.63. The van der Waals surface area contributed by atoms with Crippen LogP contribution >= 0.6 is 11.3 Å². The number of rotatable bonds is 5. The van der Waals surface area contributed by atoms with E-state index in [0.29, 0.717) is 13.1 Å². The van der Waals surface area contributed by atoms with E-state index in [0.717, 1.165) is 28.7 Å². The van der Waals surface area contributed by atoms with Crippen LogP contribution in [0.15, 0.2) is 47.0 Å². The Labute approximate surface area is 144 Å². The van der Waals surface area contributed by atoms with Crippen molar-refractivity contribution in [2.24, 2.45) is 4.99 Å². The highest BCUT2D eigenvalue weighted by molar-refractivity contribution is 7.15. The first-order chi connectivity index (χ1) is 11.7. The van der Waals surface area contributed by atoms with Gasteiger partial charge in [-0.15, -0.1) is 11.3 Å². The summed E-state index contributed by atoms with van der Waals surface area (Å²) in [6.45, 7) is 3.88. The smallest absolute Gasteiger partial charge is 0.194 e. The number of aromatic nitrogens is 2. The van der Waals surface area contributed by atoms with Crippen LogP contribution in [-0.2, 0) is 13.1 Å². The molecule has 0 amide bonds. The van der Waals surface area contributed by atoms with Crippen LogP contribution in [0.5, 0.6) is 0 Å². The molecule has 5 nitrogen and oxygen atoms in total. The zero-order valence-electron chi connectivity index (χ0n) is 13.7. The molecule has 0 saturated carbocycles. The van der Waals surface area contributed by atoms with Crippen molar-refractivity contribution in [1.82, 2.24) is 19.6 Å². The molecule has 1 N–H and O–H groups in total. The number of guanidine groups is 1. The van der Waals surface area contributed by atoms with Gasteiger partial charge in [-0.25, -0.2) is 14.4 Å². The molecule has 0 aliphatic carbocycles. The van der Waals surface area contributed by atoms with Gasteiger partial charge in [0.05, 0.1) is 12.2 Å². The number of imidazole rings is 1. The van der Waals surface area contributed by atoms with Gasteiger partial charge in [0.15, 0.2) is 10.9 Å². The fraction of sp³-hybridized carbons (Fsp3) is 0.294. The Balaban J connectivity index is 1.71. The SMILES string of the molecule is CCNC(=NCc1cn2ccsc2n1)N(C)Cc1cccc(F)c1. The van der Waals surface area contributed by atoms with E-state index in [1.807, 2.05) is 47.1 Å². The number of nitrogens with one attached hydrogen (secondary N) is 1. The molecule has 0 spiro atoms. The van der Waals surface area contributed by atoms with Crippen LogP contribution in [-0.4, -0.2) is 33.8 Å². The first-order valence-electron chi connectivity index (χ1n) is 7.80. The summed E-state index contributed by atoms with van der Waals surface area (Å²) in [5.41, 5.74) is 1.84. The highest BCUT2D eigenvalue weighted by Crippen LogP contribution is 2.12. The van der Waals surface area contributed by atoms with Gasteiger partial charge in [0, 0.05) is 37.9 Å². The van der Waals surface area contributed by atoms with E-state index < -0.39 is 0 Å². The predicted molar refractivity (Wildman–Crippen MR) is 95.8 cm³/mol. The van der Waals surface area contributed by atoms with Gasteiger partial charge in [0.2, 0.25) is 0 Å². The average Bonchev–Trinajstić information content (AvgIpc) is 3.12. The second-order valence-corrected chi connectivity index (χ2v) is 6.35. The minimum Gasteiger partial charge on any atom is -0.357 e. The Hall–Kier alpha value is -2.41. The summed E-state index contributed by atoms with van der Waals surface area (Å²) in [5.74, 6) is 0.555. The van der Waals surface area contributed by atoms with Crippen molar-refractivity contribution in [1.29, 1.82) is 0 Å². The van der Waals surface area contributed by atoms with Gasteiger partial charge in [0.25, 0.3) is 0 Å². The van der Waals surface area contributed by atoms with Crippen LogP contribution in [0.1, 0.15) is 18.2 Å². The highest BCUT2D eigenvalue weighted by atomic mass is 32.1. The van der Waals surface area contributed by atoms with Crippen molar-refractivity contribution in [3.63, 3.8) is 0 Å². The Morgan fingerprint density at radius 3 is 3.08 bits per heavy atom. The van der Waals surface area contributed by atoms with Gasteiger partial charge in [-0.1, -0.05) is 12.1 Å². The molecule has 126 valence electrons. The number of hydrogen-bond acceptors (Lipinski definition) is 3. The van der Waals surface area contributed by atoms with Gasteiger partial charge >= 0.3 is 0 Å². The monoisotopic (exact) mass is 345 g/mol.